The highest BCUT2D eigenvalue weighted by molar-refractivity contribution is 9.10. The number of halogens is 1. The van der Waals surface area contributed by atoms with Crippen LogP contribution < -0.4 is 0 Å². The van der Waals surface area contributed by atoms with Crippen LogP contribution in [0.4, 0.5) is 0 Å². The molecule has 0 bridgehead atoms. The van der Waals surface area contributed by atoms with Crippen molar-refractivity contribution >= 4 is 26.8 Å². The fourth-order valence-corrected chi connectivity index (χ4v) is 1.89. The zero-order chi connectivity index (χ0) is 9.42. The smallest absolute Gasteiger partial charge is 0.156 e. The number of pyridine rings is 1. The number of aromatic nitrogens is 1. The monoisotopic (exact) mass is 237 g/mol. The molecule has 0 fully saturated rings. The Bertz CT molecular complexity index is 468. The number of hydrogen-bond acceptors (Lipinski definition) is 2. The molecule has 1 heterocycles. The molecule has 0 radical (unpaired) electrons. The summed E-state index contributed by atoms with van der Waals surface area (Å²) in [6.07, 6.45) is 1.67. The third-order valence-electron chi connectivity index (χ3n) is 2.03. The van der Waals surface area contributed by atoms with Crippen molar-refractivity contribution < 1.29 is 5.11 Å². The number of phenols is 1. The number of phenolic OH excluding ortho intramolecular Hbond substituents is 1. The molecule has 3 heteroatoms. The Morgan fingerprint density at radius 2 is 2.23 bits per heavy atom. The maximum atomic E-state index is 9.67. The topological polar surface area (TPSA) is 33.1 Å². The molecule has 66 valence electrons. The van der Waals surface area contributed by atoms with E-state index in [1.54, 1.807) is 6.20 Å². The Hall–Kier alpha value is -1.09. The van der Waals surface area contributed by atoms with Gasteiger partial charge in [-0.25, -0.2) is 0 Å². The molecular weight excluding hydrogens is 230 g/mol. The van der Waals surface area contributed by atoms with Gasteiger partial charge < -0.3 is 5.11 Å². The third-order valence-corrected chi connectivity index (χ3v) is 2.63. The van der Waals surface area contributed by atoms with Gasteiger partial charge in [-0.05, 0) is 40.5 Å². The second-order valence-electron chi connectivity index (χ2n) is 2.92. The summed E-state index contributed by atoms with van der Waals surface area (Å²) in [7, 11) is 0. The van der Waals surface area contributed by atoms with Crippen molar-refractivity contribution in [3.63, 3.8) is 0 Å². The Kier molecular flexibility index (Phi) is 1.96. The minimum Gasteiger partial charge on any atom is -0.505 e. The molecule has 0 aliphatic heterocycles. The Labute approximate surface area is 84.4 Å². The average Bonchev–Trinajstić information content (AvgIpc) is 2.15. The molecule has 0 saturated carbocycles. The van der Waals surface area contributed by atoms with E-state index in [0.717, 1.165) is 10.9 Å². The molecule has 0 aliphatic rings. The lowest BCUT2D eigenvalue weighted by molar-refractivity contribution is 0.477. The maximum Gasteiger partial charge on any atom is 0.156 e. The summed E-state index contributed by atoms with van der Waals surface area (Å²) < 4.78 is 0.691. The molecule has 0 spiro atoms. The largest absolute Gasteiger partial charge is 0.505 e. The molecule has 0 aliphatic carbocycles. The molecule has 0 saturated heterocycles. The van der Waals surface area contributed by atoms with E-state index >= 15 is 0 Å². The van der Waals surface area contributed by atoms with Gasteiger partial charge in [-0.1, -0.05) is 6.07 Å². The molecule has 2 rings (SSSR count). The molecule has 1 aromatic heterocycles. The normalized spacial score (nSPS) is 10.6. The van der Waals surface area contributed by atoms with Crippen LogP contribution in [0.15, 0.2) is 28.9 Å². The van der Waals surface area contributed by atoms with Gasteiger partial charge in [0.15, 0.2) is 5.75 Å². The minimum absolute atomic E-state index is 0.209. The van der Waals surface area contributed by atoms with Crippen molar-refractivity contribution in [2.75, 3.05) is 0 Å². The summed E-state index contributed by atoms with van der Waals surface area (Å²) in [6, 6.07) is 5.70. The van der Waals surface area contributed by atoms with Gasteiger partial charge in [-0.15, -0.1) is 0 Å². The van der Waals surface area contributed by atoms with Gasteiger partial charge in [-0.3, -0.25) is 4.98 Å². The third kappa shape index (κ3) is 1.29. The van der Waals surface area contributed by atoms with E-state index in [2.05, 4.69) is 20.9 Å². The molecular formula is C10H8BrNO. The van der Waals surface area contributed by atoms with Gasteiger partial charge in [0, 0.05) is 11.6 Å². The van der Waals surface area contributed by atoms with Crippen LogP contribution in [0.5, 0.6) is 5.75 Å². The van der Waals surface area contributed by atoms with Crippen LogP contribution in [0, 0.1) is 6.92 Å². The van der Waals surface area contributed by atoms with Crippen LogP contribution in [-0.4, -0.2) is 10.1 Å². The summed E-state index contributed by atoms with van der Waals surface area (Å²) in [6.45, 7) is 1.99. The number of aryl methyl sites for hydroxylation is 1. The number of benzene rings is 1. The van der Waals surface area contributed by atoms with Crippen LogP contribution in [0.2, 0.25) is 0 Å². The fourth-order valence-electron chi connectivity index (χ4n) is 1.36. The van der Waals surface area contributed by atoms with Crippen LogP contribution >= 0.6 is 15.9 Å². The predicted octanol–water partition coefficient (Wildman–Crippen LogP) is 3.01. The van der Waals surface area contributed by atoms with E-state index in [4.69, 9.17) is 0 Å². The first-order valence-corrected chi connectivity index (χ1v) is 4.72. The lowest BCUT2D eigenvalue weighted by Gasteiger charge is -2.04. The molecule has 2 aromatic rings. The van der Waals surface area contributed by atoms with Crippen LogP contribution in [0.25, 0.3) is 10.9 Å². The lowest BCUT2D eigenvalue weighted by atomic mass is 10.1. The number of hydrogen-bond donors (Lipinski definition) is 1. The number of fused-ring (bicyclic) bond motifs is 1. The summed E-state index contributed by atoms with van der Waals surface area (Å²) in [5, 5.41) is 10.7. The molecule has 13 heavy (non-hydrogen) atoms. The van der Waals surface area contributed by atoms with E-state index in [-0.39, 0.29) is 5.75 Å². The molecule has 2 nitrogen and oxygen atoms in total. The predicted molar refractivity (Wildman–Crippen MR) is 55.8 cm³/mol. The second kappa shape index (κ2) is 3.00. The van der Waals surface area contributed by atoms with E-state index in [0.29, 0.717) is 9.99 Å². The Balaban J connectivity index is 2.97. The highest BCUT2D eigenvalue weighted by Crippen LogP contribution is 2.32. The van der Waals surface area contributed by atoms with Crippen molar-refractivity contribution in [3.8, 4) is 5.75 Å². The zero-order valence-electron chi connectivity index (χ0n) is 7.08. The fraction of sp³-hybridized carbons (Fsp3) is 0.100. The van der Waals surface area contributed by atoms with Gasteiger partial charge in [0.2, 0.25) is 0 Å². The first kappa shape index (κ1) is 8.51. The van der Waals surface area contributed by atoms with E-state index in [1.807, 2.05) is 25.1 Å². The van der Waals surface area contributed by atoms with Crippen molar-refractivity contribution in [3.05, 3.63) is 34.4 Å². The highest BCUT2D eigenvalue weighted by atomic mass is 79.9. The summed E-state index contributed by atoms with van der Waals surface area (Å²) >= 11 is 3.28. The van der Waals surface area contributed by atoms with Crippen molar-refractivity contribution in [2.24, 2.45) is 0 Å². The average molecular weight is 238 g/mol. The summed E-state index contributed by atoms with van der Waals surface area (Å²) in [5.41, 5.74) is 1.75. The van der Waals surface area contributed by atoms with E-state index in [9.17, 15) is 5.11 Å². The molecule has 0 unspecified atom stereocenters. The van der Waals surface area contributed by atoms with E-state index < -0.39 is 0 Å². The van der Waals surface area contributed by atoms with Gasteiger partial charge in [0.1, 0.15) is 5.52 Å². The zero-order valence-corrected chi connectivity index (χ0v) is 8.67. The molecule has 1 N–H and O–H groups in total. The summed E-state index contributed by atoms with van der Waals surface area (Å²) in [4.78, 5) is 4.12. The van der Waals surface area contributed by atoms with Crippen LogP contribution in [-0.2, 0) is 0 Å². The molecule has 1 aromatic carbocycles. The first-order chi connectivity index (χ1) is 6.20. The SMILES string of the molecule is Cc1cc(Br)c(O)c2ncccc12. The van der Waals surface area contributed by atoms with Crippen LogP contribution in [0.3, 0.4) is 0 Å². The van der Waals surface area contributed by atoms with Crippen molar-refractivity contribution in [1.82, 2.24) is 4.98 Å². The second-order valence-corrected chi connectivity index (χ2v) is 3.78. The van der Waals surface area contributed by atoms with E-state index in [1.165, 1.54) is 0 Å². The Morgan fingerprint density at radius 1 is 1.46 bits per heavy atom. The lowest BCUT2D eigenvalue weighted by Crippen LogP contribution is -1.83. The number of rotatable bonds is 0. The summed E-state index contributed by atoms with van der Waals surface area (Å²) in [5.74, 6) is 0.209. The minimum atomic E-state index is 0.209. The van der Waals surface area contributed by atoms with Crippen molar-refractivity contribution in [2.45, 2.75) is 6.92 Å². The van der Waals surface area contributed by atoms with Gasteiger partial charge >= 0.3 is 0 Å². The van der Waals surface area contributed by atoms with Gasteiger partial charge in [-0.2, -0.15) is 0 Å². The number of aromatic hydroxyl groups is 1. The molecule has 0 amide bonds. The van der Waals surface area contributed by atoms with Crippen LogP contribution in [0.1, 0.15) is 5.56 Å². The number of nitrogens with zero attached hydrogens (tertiary/aromatic N) is 1. The highest BCUT2D eigenvalue weighted by Gasteiger charge is 2.07. The molecule has 0 atom stereocenters. The maximum absolute atomic E-state index is 9.67. The van der Waals surface area contributed by atoms with Gasteiger partial charge in [0.05, 0.1) is 4.47 Å². The standard InChI is InChI=1S/C10H8BrNO/c1-6-5-8(11)10(13)9-7(6)3-2-4-12-9/h2-5,13H,1H3. The van der Waals surface area contributed by atoms with Gasteiger partial charge in [0.25, 0.3) is 0 Å². The quantitative estimate of drug-likeness (QED) is 0.765. The Morgan fingerprint density at radius 3 is 3.00 bits per heavy atom. The van der Waals surface area contributed by atoms with Crippen molar-refractivity contribution in [1.29, 1.82) is 0 Å². The first-order valence-electron chi connectivity index (χ1n) is 3.93.